The molecule has 0 aliphatic carbocycles. The van der Waals surface area contributed by atoms with Crippen LogP contribution in [0, 0.1) is 5.82 Å². The standard InChI is InChI=1S/C21H17FN4O/c1-27-21(17-5-3-2-4-6-17)26-20(16-11-13-23-14-12-16)19(24-25-26)15-7-9-18(22)10-8-15/h2-14,21H,1H3. The Hall–Kier alpha value is -3.38. The third-order valence-electron chi connectivity index (χ3n) is 4.30. The number of nitrogens with zero attached hydrogens (tertiary/aromatic N) is 4. The van der Waals surface area contributed by atoms with E-state index in [1.165, 1.54) is 12.1 Å². The van der Waals surface area contributed by atoms with Gasteiger partial charge in [0.15, 0.2) is 6.23 Å². The predicted molar refractivity (Wildman–Crippen MR) is 100 cm³/mol. The van der Waals surface area contributed by atoms with Gasteiger partial charge in [0.05, 0.1) is 0 Å². The van der Waals surface area contributed by atoms with Crippen LogP contribution in [0.25, 0.3) is 22.5 Å². The van der Waals surface area contributed by atoms with E-state index in [2.05, 4.69) is 15.3 Å². The Morgan fingerprint density at radius 3 is 2.26 bits per heavy atom. The van der Waals surface area contributed by atoms with Crippen molar-refractivity contribution in [2.24, 2.45) is 0 Å². The van der Waals surface area contributed by atoms with E-state index < -0.39 is 6.23 Å². The molecule has 0 bridgehead atoms. The van der Waals surface area contributed by atoms with E-state index in [1.807, 2.05) is 42.5 Å². The molecule has 5 nitrogen and oxygen atoms in total. The first kappa shape index (κ1) is 17.1. The SMILES string of the molecule is COC(c1ccccc1)n1nnc(-c2ccc(F)cc2)c1-c1ccncc1. The number of ether oxygens (including phenoxy) is 1. The predicted octanol–water partition coefficient (Wildman–Crippen LogP) is 4.34. The second-order valence-corrected chi connectivity index (χ2v) is 5.97. The number of benzene rings is 2. The third-order valence-corrected chi connectivity index (χ3v) is 4.30. The molecule has 6 heteroatoms. The van der Waals surface area contributed by atoms with Gasteiger partial charge in [0, 0.05) is 36.2 Å². The topological polar surface area (TPSA) is 52.8 Å². The summed E-state index contributed by atoms with van der Waals surface area (Å²) < 4.78 is 20.8. The van der Waals surface area contributed by atoms with Crippen molar-refractivity contribution in [3.05, 3.63) is 90.5 Å². The molecule has 27 heavy (non-hydrogen) atoms. The van der Waals surface area contributed by atoms with Crippen LogP contribution in [0.3, 0.4) is 0 Å². The lowest BCUT2D eigenvalue weighted by Crippen LogP contribution is -2.15. The van der Waals surface area contributed by atoms with Crippen molar-refractivity contribution in [1.29, 1.82) is 0 Å². The molecule has 1 unspecified atom stereocenters. The van der Waals surface area contributed by atoms with Gasteiger partial charge in [-0.2, -0.15) is 0 Å². The van der Waals surface area contributed by atoms with Crippen LogP contribution < -0.4 is 0 Å². The van der Waals surface area contributed by atoms with E-state index in [9.17, 15) is 4.39 Å². The number of hydrogen-bond donors (Lipinski definition) is 0. The molecular formula is C21H17FN4O. The Kier molecular flexibility index (Phi) is 4.72. The zero-order chi connectivity index (χ0) is 18.6. The van der Waals surface area contributed by atoms with E-state index in [4.69, 9.17) is 4.74 Å². The van der Waals surface area contributed by atoms with Gasteiger partial charge in [-0.15, -0.1) is 5.10 Å². The average Bonchev–Trinajstić information content (AvgIpc) is 3.15. The van der Waals surface area contributed by atoms with Gasteiger partial charge in [0.2, 0.25) is 0 Å². The molecule has 0 N–H and O–H groups in total. The summed E-state index contributed by atoms with van der Waals surface area (Å²) >= 11 is 0. The fraction of sp³-hybridized carbons (Fsp3) is 0.0952. The van der Waals surface area contributed by atoms with Crippen molar-refractivity contribution >= 4 is 0 Å². The maximum absolute atomic E-state index is 13.4. The van der Waals surface area contributed by atoms with E-state index in [0.717, 1.165) is 22.4 Å². The highest BCUT2D eigenvalue weighted by Gasteiger charge is 2.23. The first-order chi connectivity index (χ1) is 13.3. The van der Waals surface area contributed by atoms with Gasteiger partial charge in [-0.25, -0.2) is 9.07 Å². The summed E-state index contributed by atoms with van der Waals surface area (Å²) in [7, 11) is 1.63. The maximum atomic E-state index is 13.4. The summed E-state index contributed by atoms with van der Waals surface area (Å²) in [5.74, 6) is -0.296. The molecule has 0 aliphatic rings. The Bertz CT molecular complexity index is 1020. The fourth-order valence-electron chi connectivity index (χ4n) is 3.03. The lowest BCUT2D eigenvalue weighted by atomic mass is 10.0. The van der Waals surface area contributed by atoms with Crippen LogP contribution in [0.15, 0.2) is 79.1 Å². The molecule has 0 fully saturated rings. The minimum absolute atomic E-state index is 0.296. The highest BCUT2D eigenvalue weighted by Crippen LogP contribution is 2.33. The largest absolute Gasteiger partial charge is 0.355 e. The molecule has 134 valence electrons. The molecule has 4 rings (SSSR count). The molecule has 2 heterocycles. The fourth-order valence-corrected chi connectivity index (χ4v) is 3.03. The molecule has 2 aromatic heterocycles. The van der Waals surface area contributed by atoms with Crippen molar-refractivity contribution in [1.82, 2.24) is 20.0 Å². The number of methoxy groups -OCH3 is 1. The van der Waals surface area contributed by atoms with E-state index in [0.29, 0.717) is 5.69 Å². The molecule has 0 saturated carbocycles. The van der Waals surface area contributed by atoms with Crippen LogP contribution in [-0.4, -0.2) is 27.1 Å². The molecule has 2 aromatic carbocycles. The lowest BCUT2D eigenvalue weighted by Gasteiger charge is -2.18. The Morgan fingerprint density at radius 2 is 1.59 bits per heavy atom. The molecular weight excluding hydrogens is 343 g/mol. The molecule has 0 saturated heterocycles. The van der Waals surface area contributed by atoms with Gasteiger partial charge in [0.25, 0.3) is 0 Å². The minimum atomic E-state index is -0.448. The first-order valence-electron chi connectivity index (χ1n) is 8.47. The lowest BCUT2D eigenvalue weighted by molar-refractivity contribution is 0.0680. The van der Waals surface area contributed by atoms with Crippen LogP contribution >= 0.6 is 0 Å². The van der Waals surface area contributed by atoms with Gasteiger partial charge in [-0.1, -0.05) is 35.5 Å². The smallest absolute Gasteiger partial charge is 0.178 e. The Balaban J connectivity index is 1.91. The number of rotatable bonds is 5. The summed E-state index contributed by atoms with van der Waals surface area (Å²) in [5, 5.41) is 8.74. The zero-order valence-electron chi connectivity index (χ0n) is 14.7. The Labute approximate surface area is 156 Å². The maximum Gasteiger partial charge on any atom is 0.178 e. The Morgan fingerprint density at radius 1 is 0.889 bits per heavy atom. The highest BCUT2D eigenvalue weighted by atomic mass is 19.1. The normalized spacial score (nSPS) is 12.1. The molecule has 0 radical (unpaired) electrons. The van der Waals surface area contributed by atoms with Gasteiger partial charge < -0.3 is 4.74 Å². The second kappa shape index (κ2) is 7.47. The van der Waals surface area contributed by atoms with Crippen LogP contribution in [0.2, 0.25) is 0 Å². The van der Waals surface area contributed by atoms with Crippen LogP contribution in [0.4, 0.5) is 4.39 Å². The third kappa shape index (κ3) is 3.35. The van der Waals surface area contributed by atoms with Crippen LogP contribution in [0.1, 0.15) is 11.8 Å². The van der Waals surface area contributed by atoms with Gasteiger partial charge in [0.1, 0.15) is 17.2 Å². The average molecular weight is 360 g/mol. The summed E-state index contributed by atoms with van der Waals surface area (Å²) in [4.78, 5) is 4.09. The van der Waals surface area contributed by atoms with E-state index >= 15 is 0 Å². The second-order valence-electron chi connectivity index (χ2n) is 5.97. The minimum Gasteiger partial charge on any atom is -0.355 e. The van der Waals surface area contributed by atoms with Crippen molar-refractivity contribution in [2.45, 2.75) is 6.23 Å². The molecule has 0 aliphatic heterocycles. The van der Waals surface area contributed by atoms with Crippen molar-refractivity contribution in [2.75, 3.05) is 7.11 Å². The monoisotopic (exact) mass is 360 g/mol. The number of hydrogen-bond acceptors (Lipinski definition) is 4. The zero-order valence-corrected chi connectivity index (χ0v) is 14.7. The van der Waals surface area contributed by atoms with Gasteiger partial charge >= 0.3 is 0 Å². The van der Waals surface area contributed by atoms with Gasteiger partial charge in [-0.3, -0.25) is 4.98 Å². The van der Waals surface area contributed by atoms with Crippen molar-refractivity contribution in [3.8, 4) is 22.5 Å². The van der Waals surface area contributed by atoms with E-state index in [-0.39, 0.29) is 5.82 Å². The number of halogens is 1. The molecule has 0 spiro atoms. The van der Waals surface area contributed by atoms with Crippen LogP contribution in [-0.2, 0) is 4.74 Å². The highest BCUT2D eigenvalue weighted by molar-refractivity contribution is 5.77. The summed E-state index contributed by atoms with van der Waals surface area (Å²) in [6, 6.07) is 19.8. The van der Waals surface area contributed by atoms with E-state index in [1.54, 1.807) is 36.3 Å². The molecule has 4 aromatic rings. The quantitative estimate of drug-likeness (QED) is 0.531. The first-order valence-corrected chi connectivity index (χ1v) is 8.47. The summed E-state index contributed by atoms with van der Waals surface area (Å²) in [5.41, 5.74) is 4.05. The summed E-state index contributed by atoms with van der Waals surface area (Å²) in [6.07, 6.45) is 2.98. The van der Waals surface area contributed by atoms with Gasteiger partial charge in [-0.05, 0) is 36.4 Å². The van der Waals surface area contributed by atoms with Crippen molar-refractivity contribution < 1.29 is 9.13 Å². The number of pyridine rings is 1. The molecule has 1 atom stereocenters. The van der Waals surface area contributed by atoms with Crippen LogP contribution in [0.5, 0.6) is 0 Å². The summed E-state index contributed by atoms with van der Waals surface area (Å²) in [6.45, 7) is 0. The van der Waals surface area contributed by atoms with Crippen molar-refractivity contribution in [3.63, 3.8) is 0 Å². The molecule has 0 amide bonds. The number of aromatic nitrogens is 4.